The number of carbonyl (C=O) groups excluding carboxylic acids is 1. The molecule has 5 aromatic rings. The monoisotopic (exact) mass is 458 g/mol. The fourth-order valence-electron chi connectivity index (χ4n) is 5.20. The van der Waals surface area contributed by atoms with Crippen LogP contribution in [0.5, 0.6) is 11.5 Å². The molecule has 1 aliphatic rings. The number of nitrogens with one attached hydrogen (secondary N) is 2. The molecule has 0 unspecified atom stereocenters. The first-order chi connectivity index (χ1) is 17.3. The maximum Gasteiger partial charge on any atom is 0.319 e. The SMILES string of the molecule is O=C(NCCCC1c2c(ccc3ccccc23)Oc2ccc3ccccc3c21)Nc1ccccc1. The lowest BCUT2D eigenvalue weighted by molar-refractivity contribution is 0.252. The van der Waals surface area contributed by atoms with Crippen molar-refractivity contribution in [2.24, 2.45) is 0 Å². The number of urea groups is 1. The van der Waals surface area contributed by atoms with Crippen LogP contribution >= 0.6 is 0 Å². The molecule has 35 heavy (non-hydrogen) atoms. The van der Waals surface area contributed by atoms with Gasteiger partial charge in [0.1, 0.15) is 11.5 Å². The Balaban J connectivity index is 1.31. The van der Waals surface area contributed by atoms with Gasteiger partial charge in [-0.2, -0.15) is 0 Å². The van der Waals surface area contributed by atoms with Crippen molar-refractivity contribution in [1.29, 1.82) is 0 Å². The zero-order valence-corrected chi connectivity index (χ0v) is 19.3. The summed E-state index contributed by atoms with van der Waals surface area (Å²) in [5, 5.41) is 10.8. The second-order valence-corrected chi connectivity index (χ2v) is 8.94. The van der Waals surface area contributed by atoms with Crippen molar-refractivity contribution in [2.45, 2.75) is 18.8 Å². The summed E-state index contributed by atoms with van der Waals surface area (Å²) in [6.07, 6.45) is 1.75. The summed E-state index contributed by atoms with van der Waals surface area (Å²) in [5.74, 6) is 2.02. The van der Waals surface area contributed by atoms with Gasteiger partial charge in [0.25, 0.3) is 0 Å². The van der Waals surface area contributed by atoms with Crippen LogP contribution in [0.25, 0.3) is 21.5 Å². The van der Waals surface area contributed by atoms with Crippen molar-refractivity contribution in [2.75, 3.05) is 11.9 Å². The molecular weight excluding hydrogens is 432 g/mol. The Morgan fingerprint density at radius 3 is 1.89 bits per heavy atom. The lowest BCUT2D eigenvalue weighted by atomic mass is 9.80. The number of ether oxygens (including phenoxy) is 1. The molecule has 4 nitrogen and oxygen atoms in total. The Hall–Kier alpha value is -4.31. The highest BCUT2D eigenvalue weighted by Crippen LogP contribution is 2.51. The Morgan fingerprint density at radius 1 is 0.686 bits per heavy atom. The van der Waals surface area contributed by atoms with Crippen LogP contribution in [0.2, 0.25) is 0 Å². The molecule has 4 heteroatoms. The Kier molecular flexibility index (Phi) is 5.55. The van der Waals surface area contributed by atoms with Crippen LogP contribution in [0, 0.1) is 0 Å². The number of benzene rings is 5. The quantitative estimate of drug-likeness (QED) is 0.264. The van der Waals surface area contributed by atoms with Crippen LogP contribution in [0.4, 0.5) is 10.5 Å². The molecule has 0 spiro atoms. The molecular formula is C31H26N2O2. The number of rotatable bonds is 5. The van der Waals surface area contributed by atoms with Crippen LogP contribution in [-0.2, 0) is 0 Å². The van der Waals surface area contributed by atoms with Crippen molar-refractivity contribution in [3.8, 4) is 11.5 Å². The standard InChI is InChI=1S/C31H26N2O2/c34-31(33-23-11-2-1-3-12-23)32-20-8-15-26-29-24-13-6-4-9-21(24)16-18-27(29)35-28-19-17-22-10-5-7-14-25(22)30(26)28/h1-7,9-14,16-19,26H,8,15,20H2,(H2,32,33,34). The predicted molar refractivity (Wildman–Crippen MR) is 143 cm³/mol. The van der Waals surface area contributed by atoms with E-state index >= 15 is 0 Å². The van der Waals surface area contributed by atoms with Gasteiger partial charge in [0.05, 0.1) is 0 Å². The molecule has 0 radical (unpaired) electrons. The van der Waals surface area contributed by atoms with Gasteiger partial charge in [0.15, 0.2) is 0 Å². The van der Waals surface area contributed by atoms with Crippen molar-refractivity contribution in [3.63, 3.8) is 0 Å². The van der Waals surface area contributed by atoms with E-state index in [4.69, 9.17) is 4.74 Å². The highest BCUT2D eigenvalue weighted by molar-refractivity contribution is 5.94. The molecule has 172 valence electrons. The second-order valence-electron chi connectivity index (χ2n) is 8.94. The van der Waals surface area contributed by atoms with Gasteiger partial charge in [-0.05, 0) is 58.7 Å². The van der Waals surface area contributed by atoms with E-state index in [1.54, 1.807) is 0 Å². The number of hydrogen-bond acceptors (Lipinski definition) is 2. The topological polar surface area (TPSA) is 50.4 Å². The molecule has 0 aliphatic carbocycles. The van der Waals surface area contributed by atoms with Gasteiger partial charge in [-0.3, -0.25) is 0 Å². The first-order valence-electron chi connectivity index (χ1n) is 12.1. The summed E-state index contributed by atoms with van der Waals surface area (Å²) < 4.78 is 6.46. The number of hydrogen-bond donors (Lipinski definition) is 2. The smallest absolute Gasteiger partial charge is 0.319 e. The fraction of sp³-hybridized carbons (Fsp3) is 0.129. The minimum atomic E-state index is -0.181. The van der Waals surface area contributed by atoms with Crippen molar-refractivity contribution in [3.05, 3.63) is 114 Å². The van der Waals surface area contributed by atoms with Crippen LogP contribution < -0.4 is 15.4 Å². The second kappa shape index (κ2) is 9.15. The number of anilines is 1. The van der Waals surface area contributed by atoms with Gasteiger partial charge in [0.2, 0.25) is 0 Å². The molecule has 0 saturated carbocycles. The van der Waals surface area contributed by atoms with Gasteiger partial charge in [-0.1, -0.05) is 78.9 Å². The first-order valence-corrected chi connectivity index (χ1v) is 12.1. The fourth-order valence-corrected chi connectivity index (χ4v) is 5.20. The zero-order valence-electron chi connectivity index (χ0n) is 19.3. The molecule has 0 fully saturated rings. The van der Waals surface area contributed by atoms with E-state index in [0.717, 1.165) is 30.0 Å². The van der Waals surface area contributed by atoms with E-state index in [1.165, 1.54) is 32.7 Å². The normalized spacial score (nSPS) is 12.6. The third-order valence-electron chi connectivity index (χ3n) is 6.77. The number of fused-ring (bicyclic) bond motifs is 6. The third-order valence-corrected chi connectivity index (χ3v) is 6.77. The average molecular weight is 459 g/mol. The molecule has 0 bridgehead atoms. The van der Waals surface area contributed by atoms with Gasteiger partial charge in [-0.25, -0.2) is 4.79 Å². The van der Waals surface area contributed by atoms with Gasteiger partial charge >= 0.3 is 6.03 Å². The largest absolute Gasteiger partial charge is 0.457 e. The number of para-hydroxylation sites is 1. The molecule has 6 rings (SSSR count). The van der Waals surface area contributed by atoms with Gasteiger partial charge in [0, 0.05) is 29.3 Å². The highest BCUT2D eigenvalue weighted by Gasteiger charge is 2.30. The Morgan fingerprint density at radius 2 is 1.26 bits per heavy atom. The number of carbonyl (C=O) groups is 1. The highest BCUT2D eigenvalue weighted by atomic mass is 16.5. The zero-order chi connectivity index (χ0) is 23.6. The predicted octanol–water partition coefficient (Wildman–Crippen LogP) is 7.83. The number of amides is 2. The molecule has 0 aromatic heterocycles. The van der Waals surface area contributed by atoms with E-state index in [9.17, 15) is 4.79 Å². The van der Waals surface area contributed by atoms with Gasteiger partial charge in [-0.15, -0.1) is 0 Å². The summed E-state index contributed by atoms with van der Waals surface area (Å²) in [5.41, 5.74) is 3.26. The third kappa shape index (κ3) is 4.08. The van der Waals surface area contributed by atoms with Crippen LogP contribution in [0.1, 0.15) is 29.9 Å². The van der Waals surface area contributed by atoms with Crippen molar-refractivity contribution < 1.29 is 9.53 Å². The summed E-state index contributed by atoms with van der Waals surface area (Å²) >= 11 is 0. The molecule has 1 aliphatic heterocycles. The summed E-state index contributed by atoms with van der Waals surface area (Å²) in [6, 6.07) is 34.8. The molecule has 1 heterocycles. The van der Waals surface area contributed by atoms with E-state index in [2.05, 4.69) is 83.4 Å². The lowest BCUT2D eigenvalue weighted by Gasteiger charge is -2.31. The van der Waals surface area contributed by atoms with E-state index < -0.39 is 0 Å². The van der Waals surface area contributed by atoms with Crippen molar-refractivity contribution >= 4 is 33.3 Å². The molecule has 0 atom stereocenters. The van der Waals surface area contributed by atoms with Crippen LogP contribution in [0.3, 0.4) is 0 Å². The summed E-state index contributed by atoms with van der Waals surface area (Å²) in [6.45, 7) is 0.593. The Labute approximate surface area is 204 Å². The molecule has 0 saturated heterocycles. The minimum Gasteiger partial charge on any atom is -0.457 e. The molecule has 5 aromatic carbocycles. The molecule has 2 N–H and O–H groups in total. The van der Waals surface area contributed by atoms with Crippen LogP contribution in [-0.4, -0.2) is 12.6 Å². The maximum atomic E-state index is 12.4. The Bertz CT molecular complexity index is 1440. The minimum absolute atomic E-state index is 0.171. The first kappa shape index (κ1) is 21.2. The lowest BCUT2D eigenvalue weighted by Crippen LogP contribution is -2.29. The van der Waals surface area contributed by atoms with Crippen LogP contribution in [0.15, 0.2) is 103 Å². The van der Waals surface area contributed by atoms with Crippen molar-refractivity contribution in [1.82, 2.24) is 5.32 Å². The van der Waals surface area contributed by atoms with E-state index in [-0.39, 0.29) is 11.9 Å². The molecule has 2 amide bonds. The van der Waals surface area contributed by atoms with E-state index in [0.29, 0.717) is 6.54 Å². The summed E-state index contributed by atoms with van der Waals surface area (Å²) in [4.78, 5) is 12.4. The van der Waals surface area contributed by atoms with Gasteiger partial charge < -0.3 is 15.4 Å². The van der Waals surface area contributed by atoms with E-state index in [1.807, 2.05) is 30.3 Å². The average Bonchev–Trinajstić information content (AvgIpc) is 2.90. The maximum absolute atomic E-state index is 12.4. The summed E-state index contributed by atoms with van der Waals surface area (Å²) in [7, 11) is 0.